The highest BCUT2D eigenvalue weighted by Crippen LogP contribution is 2.38. The summed E-state index contributed by atoms with van der Waals surface area (Å²) in [5, 5.41) is 3.17. The number of carbonyl (C=O) groups is 1. The van der Waals surface area contributed by atoms with E-state index in [0.29, 0.717) is 6.54 Å². The molecule has 24 heavy (non-hydrogen) atoms. The van der Waals surface area contributed by atoms with Crippen molar-refractivity contribution in [3.63, 3.8) is 0 Å². The number of amides is 1. The number of piperidine rings is 1. The topological polar surface area (TPSA) is 32.3 Å². The van der Waals surface area contributed by atoms with E-state index in [1.807, 2.05) is 0 Å². The second-order valence-corrected chi connectivity index (χ2v) is 7.17. The van der Waals surface area contributed by atoms with E-state index in [2.05, 4.69) is 64.8 Å². The smallest absolute Gasteiger partial charge is 0.226 e. The first-order valence-corrected chi connectivity index (χ1v) is 8.87. The van der Waals surface area contributed by atoms with Crippen molar-refractivity contribution >= 4 is 5.91 Å². The largest absolute Gasteiger partial charge is 0.352 e. The number of benzene rings is 2. The van der Waals surface area contributed by atoms with E-state index in [-0.39, 0.29) is 11.3 Å². The van der Waals surface area contributed by atoms with Gasteiger partial charge < -0.3 is 5.32 Å². The predicted molar refractivity (Wildman–Crippen MR) is 95.4 cm³/mol. The standard InChI is InChI=1S/C21H24N2O/c24-20-21(14-18-8-4-5-9-19(18)15-22-20)10-12-23(13-11-21)16-17-6-2-1-3-7-17/h1-9H,10-16H2,(H,22,24). The summed E-state index contributed by atoms with van der Waals surface area (Å²) in [4.78, 5) is 15.3. The van der Waals surface area contributed by atoms with Gasteiger partial charge in [-0.2, -0.15) is 0 Å². The Bertz CT molecular complexity index is 718. The molecule has 4 rings (SSSR count). The van der Waals surface area contributed by atoms with Gasteiger partial charge in [-0.05, 0) is 49.0 Å². The fourth-order valence-electron chi connectivity index (χ4n) is 4.09. The molecule has 2 aliphatic rings. The summed E-state index contributed by atoms with van der Waals surface area (Å²) in [6, 6.07) is 19.1. The molecule has 2 aliphatic heterocycles. The first-order valence-electron chi connectivity index (χ1n) is 8.87. The lowest BCUT2D eigenvalue weighted by molar-refractivity contribution is -0.133. The minimum Gasteiger partial charge on any atom is -0.352 e. The van der Waals surface area contributed by atoms with Gasteiger partial charge in [0.2, 0.25) is 5.91 Å². The Labute approximate surface area is 143 Å². The quantitative estimate of drug-likeness (QED) is 0.922. The van der Waals surface area contributed by atoms with E-state index in [4.69, 9.17) is 0 Å². The van der Waals surface area contributed by atoms with E-state index >= 15 is 0 Å². The maximum absolute atomic E-state index is 12.8. The van der Waals surface area contributed by atoms with E-state index in [0.717, 1.165) is 38.9 Å². The second-order valence-electron chi connectivity index (χ2n) is 7.17. The maximum Gasteiger partial charge on any atom is 0.226 e. The number of likely N-dealkylation sites (tertiary alicyclic amines) is 1. The van der Waals surface area contributed by atoms with Crippen molar-refractivity contribution in [1.29, 1.82) is 0 Å². The third kappa shape index (κ3) is 2.96. The Morgan fingerprint density at radius 3 is 2.33 bits per heavy atom. The van der Waals surface area contributed by atoms with Gasteiger partial charge in [-0.15, -0.1) is 0 Å². The van der Waals surface area contributed by atoms with E-state index in [1.54, 1.807) is 0 Å². The van der Waals surface area contributed by atoms with Crippen LogP contribution >= 0.6 is 0 Å². The van der Waals surface area contributed by atoms with Crippen LogP contribution in [0.3, 0.4) is 0 Å². The molecule has 1 saturated heterocycles. The molecule has 1 spiro atoms. The first-order chi connectivity index (χ1) is 11.8. The summed E-state index contributed by atoms with van der Waals surface area (Å²) in [5.74, 6) is 0.248. The summed E-state index contributed by atoms with van der Waals surface area (Å²) < 4.78 is 0. The fraction of sp³-hybridized carbons (Fsp3) is 0.381. The minimum absolute atomic E-state index is 0.222. The van der Waals surface area contributed by atoms with Gasteiger partial charge in [-0.25, -0.2) is 0 Å². The Balaban J connectivity index is 1.48. The molecule has 1 amide bonds. The van der Waals surface area contributed by atoms with Gasteiger partial charge in [0.05, 0.1) is 5.41 Å². The predicted octanol–water partition coefficient (Wildman–Crippen LogP) is 3.14. The number of rotatable bonds is 2. The van der Waals surface area contributed by atoms with Crippen LogP contribution in [-0.4, -0.2) is 23.9 Å². The van der Waals surface area contributed by atoms with Crippen LogP contribution in [0.2, 0.25) is 0 Å². The zero-order chi connectivity index (χ0) is 16.4. The Morgan fingerprint density at radius 1 is 0.917 bits per heavy atom. The van der Waals surface area contributed by atoms with Crippen LogP contribution in [0.5, 0.6) is 0 Å². The van der Waals surface area contributed by atoms with Crippen molar-refractivity contribution in [2.75, 3.05) is 13.1 Å². The number of fused-ring (bicyclic) bond motifs is 1. The maximum atomic E-state index is 12.8. The van der Waals surface area contributed by atoms with Crippen molar-refractivity contribution in [3.05, 3.63) is 71.3 Å². The van der Waals surface area contributed by atoms with Crippen LogP contribution in [0, 0.1) is 5.41 Å². The normalized spacial score (nSPS) is 20.2. The molecule has 3 heteroatoms. The van der Waals surface area contributed by atoms with Crippen molar-refractivity contribution in [2.45, 2.75) is 32.4 Å². The molecule has 0 aliphatic carbocycles. The lowest BCUT2D eigenvalue weighted by atomic mass is 9.73. The van der Waals surface area contributed by atoms with Gasteiger partial charge in [0.25, 0.3) is 0 Å². The van der Waals surface area contributed by atoms with Crippen molar-refractivity contribution in [3.8, 4) is 0 Å². The van der Waals surface area contributed by atoms with Gasteiger partial charge in [0.1, 0.15) is 0 Å². The summed E-state index contributed by atoms with van der Waals surface area (Å²) >= 11 is 0. The Morgan fingerprint density at radius 2 is 1.58 bits per heavy atom. The molecule has 2 aromatic carbocycles. The third-order valence-electron chi connectivity index (χ3n) is 5.63. The molecule has 0 atom stereocenters. The van der Waals surface area contributed by atoms with Gasteiger partial charge >= 0.3 is 0 Å². The van der Waals surface area contributed by atoms with E-state index < -0.39 is 0 Å². The highest BCUT2D eigenvalue weighted by atomic mass is 16.2. The molecule has 124 valence electrons. The molecular weight excluding hydrogens is 296 g/mol. The fourth-order valence-corrected chi connectivity index (χ4v) is 4.09. The molecule has 0 aromatic heterocycles. The molecular formula is C21H24N2O. The lowest BCUT2D eigenvalue weighted by Gasteiger charge is -2.40. The Kier molecular flexibility index (Phi) is 4.11. The van der Waals surface area contributed by atoms with Crippen molar-refractivity contribution < 1.29 is 4.79 Å². The Hall–Kier alpha value is -2.13. The zero-order valence-electron chi connectivity index (χ0n) is 14.0. The van der Waals surface area contributed by atoms with Crippen LogP contribution < -0.4 is 5.32 Å². The average molecular weight is 320 g/mol. The molecule has 0 saturated carbocycles. The van der Waals surface area contributed by atoms with Crippen molar-refractivity contribution in [2.24, 2.45) is 5.41 Å². The highest BCUT2D eigenvalue weighted by molar-refractivity contribution is 5.83. The van der Waals surface area contributed by atoms with Crippen molar-refractivity contribution in [1.82, 2.24) is 10.2 Å². The second kappa shape index (κ2) is 6.40. The number of nitrogens with zero attached hydrogens (tertiary/aromatic N) is 1. The summed E-state index contributed by atoms with van der Waals surface area (Å²) in [7, 11) is 0. The monoisotopic (exact) mass is 320 g/mol. The molecule has 1 fully saturated rings. The van der Waals surface area contributed by atoms with Crippen LogP contribution in [0.1, 0.15) is 29.5 Å². The molecule has 2 heterocycles. The summed E-state index contributed by atoms with van der Waals surface area (Å²) in [5.41, 5.74) is 3.74. The van der Waals surface area contributed by atoms with Crippen LogP contribution in [0.25, 0.3) is 0 Å². The zero-order valence-corrected chi connectivity index (χ0v) is 14.0. The first kappa shape index (κ1) is 15.4. The molecule has 2 aromatic rings. The van der Waals surface area contributed by atoms with Gasteiger partial charge in [-0.3, -0.25) is 9.69 Å². The number of hydrogen-bond acceptors (Lipinski definition) is 2. The van der Waals surface area contributed by atoms with Crippen LogP contribution in [0.4, 0.5) is 0 Å². The van der Waals surface area contributed by atoms with Crippen LogP contribution in [-0.2, 0) is 24.3 Å². The minimum atomic E-state index is -0.222. The molecule has 3 nitrogen and oxygen atoms in total. The number of nitrogens with one attached hydrogen (secondary N) is 1. The average Bonchev–Trinajstić information content (AvgIpc) is 2.76. The molecule has 0 unspecified atom stereocenters. The SMILES string of the molecule is O=C1NCc2ccccc2CC12CCN(Cc1ccccc1)CC2. The molecule has 0 bridgehead atoms. The summed E-state index contributed by atoms with van der Waals surface area (Å²) in [6.45, 7) is 3.63. The summed E-state index contributed by atoms with van der Waals surface area (Å²) in [6.07, 6.45) is 2.77. The van der Waals surface area contributed by atoms with E-state index in [1.165, 1.54) is 16.7 Å². The van der Waals surface area contributed by atoms with E-state index in [9.17, 15) is 4.79 Å². The van der Waals surface area contributed by atoms with Crippen LogP contribution in [0.15, 0.2) is 54.6 Å². The number of hydrogen-bond donors (Lipinski definition) is 1. The third-order valence-corrected chi connectivity index (χ3v) is 5.63. The molecule has 0 radical (unpaired) electrons. The molecule has 1 N–H and O–H groups in total. The van der Waals surface area contributed by atoms with Gasteiger partial charge in [0, 0.05) is 13.1 Å². The van der Waals surface area contributed by atoms with Gasteiger partial charge in [-0.1, -0.05) is 54.6 Å². The van der Waals surface area contributed by atoms with Gasteiger partial charge in [0.15, 0.2) is 0 Å². The highest BCUT2D eigenvalue weighted by Gasteiger charge is 2.42. The lowest BCUT2D eigenvalue weighted by Crippen LogP contribution is -2.48. The number of carbonyl (C=O) groups excluding carboxylic acids is 1.